The predicted octanol–water partition coefficient (Wildman–Crippen LogP) is 5.57. The molecule has 2 amide bonds. The molecule has 7 heteroatoms. The number of amides is 2. The van der Waals surface area contributed by atoms with Crippen LogP contribution in [-0.2, 0) is 11.4 Å². The molecule has 0 unspecified atom stereocenters. The van der Waals surface area contributed by atoms with Gasteiger partial charge < -0.3 is 0 Å². The number of unbranched alkanes of at least 4 members (excludes halogenated alkanes) is 2. The van der Waals surface area contributed by atoms with Crippen LogP contribution in [0.1, 0.15) is 65.8 Å². The van der Waals surface area contributed by atoms with Gasteiger partial charge in [0.15, 0.2) is 0 Å². The molecule has 3 aromatic carbocycles. The van der Waals surface area contributed by atoms with E-state index in [9.17, 15) is 9.59 Å². The first-order valence-electron chi connectivity index (χ1n) is 12.2. The molecule has 3 aromatic rings. The van der Waals surface area contributed by atoms with E-state index in [0.29, 0.717) is 11.3 Å². The fourth-order valence-corrected chi connectivity index (χ4v) is 4.12. The second kappa shape index (κ2) is 13.0. The minimum Gasteiger partial charge on any atom is -0.299 e. The number of rotatable bonds is 12. The van der Waals surface area contributed by atoms with Gasteiger partial charge >= 0.3 is 0 Å². The van der Waals surface area contributed by atoms with Crippen molar-refractivity contribution in [1.82, 2.24) is 10.4 Å². The van der Waals surface area contributed by atoms with E-state index in [1.165, 1.54) is 67.7 Å². The highest BCUT2D eigenvalue weighted by molar-refractivity contribution is 6.10. The number of anilines is 1. The second-order valence-corrected chi connectivity index (χ2v) is 8.62. The van der Waals surface area contributed by atoms with Crippen molar-refractivity contribution in [3.05, 3.63) is 77.4 Å². The van der Waals surface area contributed by atoms with E-state index in [2.05, 4.69) is 30.9 Å². The van der Waals surface area contributed by atoms with Crippen LogP contribution < -0.4 is 10.5 Å². The van der Waals surface area contributed by atoms with Crippen LogP contribution in [0.2, 0.25) is 0 Å². The first kappa shape index (κ1) is 26.3. The molecule has 3 rings (SSSR count). The zero-order valence-corrected chi connectivity index (χ0v) is 20.8. The van der Waals surface area contributed by atoms with E-state index in [-0.39, 0.29) is 11.5 Å². The van der Waals surface area contributed by atoms with E-state index in [1.807, 2.05) is 24.3 Å². The van der Waals surface area contributed by atoms with Crippen molar-refractivity contribution in [3.8, 4) is 0 Å². The van der Waals surface area contributed by atoms with E-state index < -0.39 is 5.91 Å². The Hall–Kier alpha value is -3.26. The monoisotopic (exact) mass is 477 g/mol. The molecule has 0 saturated heterocycles. The van der Waals surface area contributed by atoms with Crippen molar-refractivity contribution >= 4 is 28.3 Å². The molecule has 0 aromatic heterocycles. The molecular weight excluding hydrogens is 442 g/mol. The third-order valence-corrected chi connectivity index (χ3v) is 6.07. The molecule has 35 heavy (non-hydrogen) atoms. The number of hydrogen-bond donors (Lipinski definition) is 2. The van der Waals surface area contributed by atoms with Crippen LogP contribution in [0.4, 0.5) is 5.69 Å². The minimum absolute atomic E-state index is 0.248. The number of carbonyl (C=O) groups is 2. The summed E-state index contributed by atoms with van der Waals surface area (Å²) < 4.78 is 0. The second-order valence-electron chi connectivity index (χ2n) is 8.62. The van der Waals surface area contributed by atoms with Crippen LogP contribution >= 0.6 is 0 Å². The van der Waals surface area contributed by atoms with E-state index in [4.69, 9.17) is 10.0 Å². The SMILES string of the molecule is CCCCN(CCCC)Cc1ccc2c(N(OC)C(=O)c3ccc(C(=O)NO)cc3)cccc2c1. The highest BCUT2D eigenvalue weighted by Crippen LogP contribution is 2.29. The molecule has 0 aliphatic heterocycles. The van der Waals surface area contributed by atoms with Gasteiger partial charge in [-0.05, 0) is 73.3 Å². The van der Waals surface area contributed by atoms with Crippen molar-refractivity contribution < 1.29 is 19.6 Å². The normalized spacial score (nSPS) is 11.1. The topological polar surface area (TPSA) is 82.1 Å². The number of nitrogens with one attached hydrogen (secondary N) is 1. The molecule has 7 nitrogen and oxygen atoms in total. The standard InChI is InChI=1S/C28H35N3O4/c1-4-6-17-30(18-7-5-2)20-21-11-16-25-24(19-21)9-8-10-26(25)31(35-3)28(33)23-14-12-22(13-15-23)27(32)29-34/h8-16,19,34H,4-7,17-18,20H2,1-3H3,(H,29,32). The number of benzene rings is 3. The maximum absolute atomic E-state index is 13.2. The highest BCUT2D eigenvalue weighted by atomic mass is 16.7. The molecule has 0 atom stereocenters. The lowest BCUT2D eigenvalue weighted by molar-refractivity contribution is 0.0705. The van der Waals surface area contributed by atoms with Gasteiger partial charge in [-0.2, -0.15) is 5.06 Å². The zero-order valence-electron chi connectivity index (χ0n) is 20.8. The van der Waals surface area contributed by atoms with Gasteiger partial charge in [-0.15, -0.1) is 0 Å². The molecule has 0 bridgehead atoms. The lowest BCUT2D eigenvalue weighted by atomic mass is 10.0. The molecule has 186 valence electrons. The van der Waals surface area contributed by atoms with Gasteiger partial charge in [-0.25, -0.2) is 5.48 Å². The molecule has 2 N–H and O–H groups in total. The third kappa shape index (κ3) is 6.66. The first-order chi connectivity index (χ1) is 17.0. The van der Waals surface area contributed by atoms with Gasteiger partial charge in [0, 0.05) is 23.1 Å². The molecule has 0 radical (unpaired) electrons. The van der Waals surface area contributed by atoms with Crippen LogP contribution in [0.5, 0.6) is 0 Å². The number of carbonyl (C=O) groups excluding carboxylic acids is 2. The highest BCUT2D eigenvalue weighted by Gasteiger charge is 2.20. The van der Waals surface area contributed by atoms with Crippen LogP contribution in [0, 0.1) is 0 Å². The summed E-state index contributed by atoms with van der Waals surface area (Å²) in [5.41, 5.74) is 4.08. The van der Waals surface area contributed by atoms with Crippen molar-refractivity contribution in [2.24, 2.45) is 0 Å². The Labute approximate surface area is 207 Å². The van der Waals surface area contributed by atoms with Gasteiger partial charge in [0.25, 0.3) is 11.8 Å². The molecule has 0 heterocycles. The maximum atomic E-state index is 13.2. The summed E-state index contributed by atoms with van der Waals surface area (Å²) >= 11 is 0. The quantitative estimate of drug-likeness (QED) is 0.263. The van der Waals surface area contributed by atoms with E-state index >= 15 is 0 Å². The lowest BCUT2D eigenvalue weighted by Crippen LogP contribution is -2.30. The summed E-state index contributed by atoms with van der Waals surface area (Å²) in [6.07, 6.45) is 4.75. The summed E-state index contributed by atoms with van der Waals surface area (Å²) in [7, 11) is 1.46. The molecule has 0 saturated carbocycles. The molecule has 0 fully saturated rings. The molecule has 0 spiro atoms. The van der Waals surface area contributed by atoms with Gasteiger partial charge in [-0.3, -0.25) is 24.5 Å². The fourth-order valence-electron chi connectivity index (χ4n) is 4.12. The first-order valence-corrected chi connectivity index (χ1v) is 12.2. The molecular formula is C28H35N3O4. The Kier molecular flexibility index (Phi) is 9.78. The maximum Gasteiger partial charge on any atom is 0.282 e. The Morgan fingerprint density at radius 3 is 2.17 bits per heavy atom. The molecule has 0 aliphatic carbocycles. The number of nitrogens with zero attached hydrogens (tertiary/aromatic N) is 2. The Morgan fingerprint density at radius 1 is 0.914 bits per heavy atom. The van der Waals surface area contributed by atoms with Crippen LogP contribution in [0.15, 0.2) is 60.7 Å². The summed E-state index contributed by atoms with van der Waals surface area (Å²) in [6.45, 7) is 7.54. The predicted molar refractivity (Wildman–Crippen MR) is 139 cm³/mol. The number of hydrogen-bond acceptors (Lipinski definition) is 5. The van der Waals surface area contributed by atoms with Crippen molar-refractivity contribution in [2.75, 3.05) is 25.3 Å². The van der Waals surface area contributed by atoms with Crippen molar-refractivity contribution in [3.63, 3.8) is 0 Å². The van der Waals surface area contributed by atoms with Crippen LogP contribution in [0.3, 0.4) is 0 Å². The average Bonchev–Trinajstić information content (AvgIpc) is 2.90. The van der Waals surface area contributed by atoms with Gasteiger partial charge in [0.05, 0.1) is 12.8 Å². The minimum atomic E-state index is -0.639. The van der Waals surface area contributed by atoms with Gasteiger partial charge in [-0.1, -0.05) is 51.0 Å². The number of hydroxylamine groups is 2. The molecule has 0 aliphatic rings. The summed E-state index contributed by atoms with van der Waals surface area (Å²) in [5, 5.41) is 12.0. The Bertz CT molecular complexity index is 1120. The summed E-state index contributed by atoms with van der Waals surface area (Å²) in [4.78, 5) is 32.8. The van der Waals surface area contributed by atoms with Crippen molar-refractivity contribution in [2.45, 2.75) is 46.1 Å². The van der Waals surface area contributed by atoms with Gasteiger partial charge in [0.1, 0.15) is 0 Å². The Balaban J connectivity index is 1.86. The lowest BCUT2D eigenvalue weighted by Gasteiger charge is -2.23. The fraction of sp³-hybridized carbons (Fsp3) is 0.357. The van der Waals surface area contributed by atoms with E-state index in [0.717, 1.165) is 30.4 Å². The van der Waals surface area contributed by atoms with Crippen LogP contribution in [-0.4, -0.2) is 42.1 Å². The summed E-state index contributed by atoms with van der Waals surface area (Å²) in [6, 6.07) is 18.2. The summed E-state index contributed by atoms with van der Waals surface area (Å²) in [5.74, 6) is -0.995. The zero-order chi connectivity index (χ0) is 25.2. The number of fused-ring (bicyclic) bond motifs is 1. The van der Waals surface area contributed by atoms with Crippen LogP contribution in [0.25, 0.3) is 10.8 Å². The van der Waals surface area contributed by atoms with Gasteiger partial charge in [0.2, 0.25) is 0 Å². The Morgan fingerprint density at radius 2 is 1.57 bits per heavy atom. The van der Waals surface area contributed by atoms with Crippen molar-refractivity contribution in [1.29, 1.82) is 0 Å². The largest absolute Gasteiger partial charge is 0.299 e. The smallest absolute Gasteiger partial charge is 0.282 e. The average molecular weight is 478 g/mol. The third-order valence-electron chi connectivity index (χ3n) is 6.07. The van der Waals surface area contributed by atoms with E-state index in [1.54, 1.807) is 5.48 Å².